The van der Waals surface area contributed by atoms with Crippen LogP contribution in [0.4, 0.5) is 5.82 Å². The summed E-state index contributed by atoms with van der Waals surface area (Å²) >= 11 is 6.32. The lowest BCUT2D eigenvalue weighted by Crippen LogP contribution is -2.27. The molecule has 1 N–H and O–H groups in total. The number of hydrogen-bond donors (Lipinski definition) is 1. The maximum atomic E-state index is 6.43. The van der Waals surface area contributed by atoms with Crippen LogP contribution in [0.25, 0.3) is 11.2 Å². The van der Waals surface area contributed by atoms with Gasteiger partial charge in [0.1, 0.15) is 12.2 Å². The van der Waals surface area contributed by atoms with E-state index in [-0.39, 0.29) is 11.3 Å². The highest BCUT2D eigenvalue weighted by Crippen LogP contribution is 2.50. The summed E-state index contributed by atoms with van der Waals surface area (Å²) in [6.07, 6.45) is 3.71. The van der Waals surface area contributed by atoms with E-state index in [0.29, 0.717) is 34.7 Å². The van der Waals surface area contributed by atoms with Gasteiger partial charge >= 0.3 is 0 Å². The topological polar surface area (TPSA) is 122 Å². The molecule has 0 unspecified atom stereocenters. The summed E-state index contributed by atoms with van der Waals surface area (Å²) in [5.74, 6) is 1.21. The second-order valence-electron chi connectivity index (χ2n) is 9.59. The molecule has 3 aromatic heterocycles. The molecule has 0 aromatic carbocycles. The van der Waals surface area contributed by atoms with Gasteiger partial charge in [0.2, 0.25) is 17.1 Å². The highest BCUT2D eigenvalue weighted by molar-refractivity contribution is 6.28. The Morgan fingerprint density at radius 2 is 1.85 bits per heavy atom. The average molecular weight is 490 g/mol. The molecule has 3 aromatic rings. The maximum Gasteiger partial charge on any atom is 0.248 e. The minimum absolute atomic E-state index is 0.128. The van der Waals surface area contributed by atoms with Crippen LogP contribution >= 0.6 is 11.6 Å². The molecule has 2 saturated heterocycles. The van der Waals surface area contributed by atoms with E-state index in [1.165, 1.54) is 0 Å². The number of fused-ring (bicyclic) bond motifs is 2. The number of hydrogen-bond acceptors (Lipinski definition) is 10. The summed E-state index contributed by atoms with van der Waals surface area (Å²) in [5.41, 5.74) is 1.17. The highest BCUT2D eigenvalue weighted by Gasteiger charge is 2.58. The Kier molecular flexibility index (Phi) is 5.28. The number of nitrogens with one attached hydrogen (secondary N) is 1. The zero-order valence-corrected chi connectivity index (χ0v) is 20.3. The molecule has 0 amide bonds. The van der Waals surface area contributed by atoms with Crippen LogP contribution in [0, 0.1) is 0 Å². The number of rotatable bonds is 7. The summed E-state index contributed by atoms with van der Waals surface area (Å²) in [7, 11) is 0. The number of ether oxygens (including phenoxy) is 3. The minimum Gasteiger partial charge on any atom is -0.422 e. The molecule has 4 atom stereocenters. The van der Waals surface area contributed by atoms with Crippen LogP contribution in [-0.4, -0.2) is 53.8 Å². The molecule has 5 heterocycles. The summed E-state index contributed by atoms with van der Waals surface area (Å²) in [6, 6.07) is 0.251. The van der Waals surface area contributed by atoms with Crippen LogP contribution in [-0.2, 0) is 14.2 Å². The van der Waals surface area contributed by atoms with Crippen molar-refractivity contribution in [2.24, 2.45) is 0 Å². The van der Waals surface area contributed by atoms with Crippen molar-refractivity contribution in [3.63, 3.8) is 0 Å². The number of imidazole rings is 1. The van der Waals surface area contributed by atoms with E-state index < -0.39 is 30.3 Å². The summed E-state index contributed by atoms with van der Waals surface area (Å²) < 4.78 is 26.7. The third kappa shape index (κ3) is 3.74. The molecule has 0 bridgehead atoms. The monoisotopic (exact) mass is 489 g/mol. The Balaban J connectivity index is 1.37. The van der Waals surface area contributed by atoms with Gasteiger partial charge in [-0.3, -0.25) is 4.57 Å². The SMILES string of the molecule is CCC(CC)Nc1nc(Cl)nc2c1ncn2[C@@H]1O[C@H](c2nnc(C3CC3)o2)[C@H]2OC(C)(C)O[C@H]21. The third-order valence-corrected chi connectivity index (χ3v) is 6.82. The van der Waals surface area contributed by atoms with Crippen LogP contribution in [0.15, 0.2) is 10.7 Å². The largest absolute Gasteiger partial charge is 0.422 e. The van der Waals surface area contributed by atoms with Crippen molar-refractivity contribution in [3.8, 4) is 0 Å². The van der Waals surface area contributed by atoms with E-state index in [0.717, 1.165) is 25.7 Å². The third-order valence-electron chi connectivity index (χ3n) is 6.65. The highest BCUT2D eigenvalue weighted by atomic mass is 35.5. The number of halogens is 1. The van der Waals surface area contributed by atoms with Crippen LogP contribution in [0.3, 0.4) is 0 Å². The van der Waals surface area contributed by atoms with Crippen molar-refractivity contribution in [3.05, 3.63) is 23.4 Å². The van der Waals surface area contributed by atoms with Crippen LogP contribution in [0.2, 0.25) is 5.28 Å². The van der Waals surface area contributed by atoms with Crippen molar-refractivity contribution in [2.75, 3.05) is 5.32 Å². The van der Waals surface area contributed by atoms with Crippen molar-refractivity contribution in [1.29, 1.82) is 0 Å². The van der Waals surface area contributed by atoms with Gasteiger partial charge in [-0.2, -0.15) is 9.97 Å². The Morgan fingerprint density at radius 3 is 2.59 bits per heavy atom. The molecule has 11 nitrogen and oxygen atoms in total. The molecule has 34 heavy (non-hydrogen) atoms. The molecule has 0 radical (unpaired) electrons. The number of nitrogens with zero attached hydrogens (tertiary/aromatic N) is 6. The van der Waals surface area contributed by atoms with E-state index >= 15 is 0 Å². The molecule has 182 valence electrons. The van der Waals surface area contributed by atoms with Gasteiger partial charge in [0.15, 0.2) is 35.1 Å². The number of anilines is 1. The van der Waals surface area contributed by atoms with E-state index in [1.807, 2.05) is 18.4 Å². The molecule has 3 aliphatic rings. The molecular formula is C22H28ClN7O4. The van der Waals surface area contributed by atoms with Gasteiger partial charge in [0.25, 0.3) is 0 Å². The van der Waals surface area contributed by atoms with Crippen LogP contribution in [0.1, 0.15) is 83.4 Å². The molecule has 6 rings (SSSR count). The predicted molar refractivity (Wildman–Crippen MR) is 121 cm³/mol. The zero-order chi connectivity index (χ0) is 23.6. The second kappa shape index (κ2) is 8.11. The molecule has 1 aliphatic carbocycles. The fourth-order valence-corrected chi connectivity index (χ4v) is 4.88. The first-order valence-electron chi connectivity index (χ1n) is 11.9. The maximum absolute atomic E-state index is 6.43. The first kappa shape index (κ1) is 22.1. The minimum atomic E-state index is -0.792. The fourth-order valence-electron chi connectivity index (χ4n) is 4.72. The predicted octanol–water partition coefficient (Wildman–Crippen LogP) is 4.13. The van der Waals surface area contributed by atoms with E-state index in [2.05, 4.69) is 44.3 Å². The van der Waals surface area contributed by atoms with E-state index in [9.17, 15) is 0 Å². The van der Waals surface area contributed by atoms with E-state index in [4.69, 9.17) is 30.2 Å². The first-order valence-corrected chi connectivity index (χ1v) is 12.3. The van der Waals surface area contributed by atoms with Gasteiger partial charge < -0.3 is 23.9 Å². The van der Waals surface area contributed by atoms with Gasteiger partial charge in [-0.1, -0.05) is 13.8 Å². The summed E-state index contributed by atoms with van der Waals surface area (Å²) in [6.45, 7) is 8.01. The van der Waals surface area contributed by atoms with Gasteiger partial charge in [0, 0.05) is 12.0 Å². The molecule has 12 heteroatoms. The summed E-state index contributed by atoms with van der Waals surface area (Å²) in [4.78, 5) is 13.5. The Bertz CT molecular complexity index is 1210. The molecule has 0 spiro atoms. The smallest absolute Gasteiger partial charge is 0.248 e. The lowest BCUT2D eigenvalue weighted by Gasteiger charge is -2.24. The van der Waals surface area contributed by atoms with Gasteiger partial charge in [-0.15, -0.1) is 10.2 Å². The lowest BCUT2D eigenvalue weighted by molar-refractivity contribution is -0.199. The second-order valence-corrected chi connectivity index (χ2v) is 9.93. The van der Waals surface area contributed by atoms with Crippen molar-refractivity contribution in [2.45, 2.75) is 95.7 Å². The number of aromatic nitrogens is 6. The molecule has 3 fully saturated rings. The van der Waals surface area contributed by atoms with E-state index in [1.54, 1.807) is 6.33 Å². The first-order chi connectivity index (χ1) is 16.4. The van der Waals surface area contributed by atoms with Gasteiger partial charge in [-0.05, 0) is 51.1 Å². The Hall–Kier alpha value is -2.34. The molecule has 2 aliphatic heterocycles. The quantitative estimate of drug-likeness (QED) is 0.484. The van der Waals surface area contributed by atoms with Crippen LogP contribution in [0.5, 0.6) is 0 Å². The molecular weight excluding hydrogens is 462 g/mol. The van der Waals surface area contributed by atoms with Crippen molar-refractivity contribution >= 4 is 28.6 Å². The van der Waals surface area contributed by atoms with Gasteiger partial charge in [-0.25, -0.2) is 4.98 Å². The molecule has 1 saturated carbocycles. The fraction of sp³-hybridized carbons (Fsp3) is 0.682. The van der Waals surface area contributed by atoms with Crippen LogP contribution < -0.4 is 5.32 Å². The average Bonchev–Trinajstić information content (AvgIpc) is 3.10. The lowest BCUT2D eigenvalue weighted by atomic mass is 10.1. The van der Waals surface area contributed by atoms with Gasteiger partial charge in [0.05, 0.1) is 6.33 Å². The Labute approximate surface area is 201 Å². The van der Waals surface area contributed by atoms with Crippen molar-refractivity contribution < 1.29 is 18.6 Å². The summed E-state index contributed by atoms with van der Waals surface area (Å²) in [5, 5.41) is 12.1. The Morgan fingerprint density at radius 1 is 1.12 bits per heavy atom. The normalized spacial score (nSPS) is 28.2. The van der Waals surface area contributed by atoms with Crippen molar-refractivity contribution in [1.82, 2.24) is 29.7 Å². The standard InChI is InChI=1S/C22H28ClN7O4/c1-5-11(6-2)25-16-12-17(27-21(23)26-16)30(9-24-12)20-15-13(33-22(3,4)34-15)14(31-20)19-29-28-18(32-19)10-7-8-10/h9-11,13-15,20H,5-8H2,1-4H3,(H,25,26,27)/t13-,14+,15-,20-/m1/s1. The zero-order valence-electron chi connectivity index (χ0n) is 19.6.